The van der Waals surface area contributed by atoms with E-state index in [4.69, 9.17) is 18.8 Å². The molecule has 0 aliphatic heterocycles. The number of rotatable bonds is 6. The lowest BCUT2D eigenvalue weighted by Gasteiger charge is -2.21. The predicted octanol–water partition coefficient (Wildman–Crippen LogP) is 15.0. The number of benzene rings is 7. The molecule has 4 heterocycles. The summed E-state index contributed by atoms with van der Waals surface area (Å²) in [5.74, 6) is 1.05. The van der Waals surface area contributed by atoms with Crippen molar-refractivity contribution in [1.29, 1.82) is 0 Å². The minimum Gasteiger partial charge on any atom is -0.507 e. The molecule has 296 valence electrons. The standard InChI is InChI=1S/C55H43N3O3/c1-32(2)42-27-34(33-11-7-6-8-12-33)16-21-45(42)58-46-22-24-50-52(53(46)57-54(58)41-20-18-38(31-47(41)59)55(3,4)5)43-28-37(17-23-49(43)60-50)44-29-36(25-26-56-44)35-15-19-40-39-13-9-10-14-48(39)61-51(40)30-35/h6-32,59H,1-5H3. The number of aromatic hydroxyl groups is 1. The third kappa shape index (κ3) is 6.09. The van der Waals surface area contributed by atoms with Gasteiger partial charge in [0.05, 0.1) is 27.8 Å². The quantitative estimate of drug-likeness (QED) is 0.181. The highest BCUT2D eigenvalue weighted by molar-refractivity contribution is 6.18. The van der Waals surface area contributed by atoms with E-state index in [2.05, 4.69) is 136 Å². The van der Waals surface area contributed by atoms with Crippen LogP contribution in [0.1, 0.15) is 51.7 Å². The number of phenolic OH excluding ortho intramolecular Hbond substituents is 1. The van der Waals surface area contributed by atoms with E-state index < -0.39 is 0 Å². The van der Waals surface area contributed by atoms with Crippen molar-refractivity contribution in [3.05, 3.63) is 169 Å². The van der Waals surface area contributed by atoms with Gasteiger partial charge < -0.3 is 13.9 Å². The van der Waals surface area contributed by atoms with Gasteiger partial charge >= 0.3 is 0 Å². The monoisotopic (exact) mass is 793 g/mol. The lowest BCUT2D eigenvalue weighted by atomic mass is 9.86. The van der Waals surface area contributed by atoms with Gasteiger partial charge in [0.15, 0.2) is 0 Å². The van der Waals surface area contributed by atoms with Crippen molar-refractivity contribution in [2.45, 2.75) is 46.0 Å². The maximum absolute atomic E-state index is 11.8. The Balaban J connectivity index is 1.10. The fourth-order valence-electron chi connectivity index (χ4n) is 8.88. The van der Waals surface area contributed by atoms with Crippen molar-refractivity contribution in [1.82, 2.24) is 14.5 Å². The van der Waals surface area contributed by atoms with E-state index >= 15 is 0 Å². The molecule has 0 spiro atoms. The first kappa shape index (κ1) is 36.6. The number of para-hydroxylation sites is 1. The number of hydrogen-bond acceptors (Lipinski definition) is 5. The fraction of sp³-hybridized carbons (Fsp3) is 0.127. The Hall–Kier alpha value is -7.44. The molecule has 0 aliphatic carbocycles. The van der Waals surface area contributed by atoms with Crippen molar-refractivity contribution in [2.75, 3.05) is 0 Å². The van der Waals surface area contributed by atoms with Gasteiger partial charge in [-0.25, -0.2) is 4.98 Å². The molecule has 0 saturated carbocycles. The van der Waals surface area contributed by atoms with Crippen molar-refractivity contribution in [3.8, 4) is 56.3 Å². The number of furan rings is 2. The molecule has 4 aromatic heterocycles. The summed E-state index contributed by atoms with van der Waals surface area (Å²) in [4.78, 5) is 10.3. The molecule has 0 saturated heterocycles. The van der Waals surface area contributed by atoms with Crippen molar-refractivity contribution in [2.24, 2.45) is 0 Å². The van der Waals surface area contributed by atoms with Crippen LogP contribution < -0.4 is 0 Å². The number of phenols is 1. The molecule has 0 bridgehead atoms. The summed E-state index contributed by atoms with van der Waals surface area (Å²) in [6.45, 7) is 10.9. The molecular formula is C55H43N3O3. The molecule has 11 aromatic rings. The first-order chi connectivity index (χ1) is 29.6. The lowest BCUT2D eigenvalue weighted by molar-refractivity contribution is 0.472. The van der Waals surface area contributed by atoms with Gasteiger partial charge in [-0.2, -0.15) is 0 Å². The van der Waals surface area contributed by atoms with E-state index in [1.54, 1.807) is 0 Å². The van der Waals surface area contributed by atoms with E-state index in [1.165, 1.54) is 5.56 Å². The van der Waals surface area contributed by atoms with Gasteiger partial charge in [0.1, 0.15) is 39.4 Å². The summed E-state index contributed by atoms with van der Waals surface area (Å²) in [5, 5.41) is 15.9. The average Bonchev–Trinajstić information content (AvgIpc) is 3.97. The van der Waals surface area contributed by atoms with E-state index in [-0.39, 0.29) is 17.1 Å². The molecule has 0 unspecified atom stereocenters. The highest BCUT2D eigenvalue weighted by atomic mass is 16.3. The van der Waals surface area contributed by atoms with E-state index in [1.807, 2.05) is 60.8 Å². The number of aromatic nitrogens is 3. The third-order valence-electron chi connectivity index (χ3n) is 12.1. The van der Waals surface area contributed by atoms with Crippen molar-refractivity contribution < 1.29 is 13.9 Å². The molecule has 6 heteroatoms. The number of nitrogens with zero attached hydrogens (tertiary/aromatic N) is 3. The van der Waals surface area contributed by atoms with Crippen LogP contribution >= 0.6 is 0 Å². The van der Waals surface area contributed by atoms with Crippen LogP contribution in [0, 0.1) is 0 Å². The molecule has 1 N–H and O–H groups in total. The first-order valence-electron chi connectivity index (χ1n) is 20.9. The molecule has 0 aliphatic rings. The molecule has 7 aromatic carbocycles. The van der Waals surface area contributed by atoms with Crippen LogP contribution in [-0.4, -0.2) is 19.6 Å². The molecular weight excluding hydrogens is 751 g/mol. The number of hydrogen-bond donors (Lipinski definition) is 1. The molecule has 0 radical (unpaired) electrons. The van der Waals surface area contributed by atoms with Crippen molar-refractivity contribution >= 4 is 54.9 Å². The maximum atomic E-state index is 11.8. The first-order valence-corrected chi connectivity index (χ1v) is 20.9. The lowest BCUT2D eigenvalue weighted by Crippen LogP contribution is -2.11. The van der Waals surface area contributed by atoms with Gasteiger partial charge in [0.25, 0.3) is 0 Å². The number of imidazole rings is 1. The van der Waals surface area contributed by atoms with Crippen LogP contribution in [0.15, 0.2) is 167 Å². The Morgan fingerprint density at radius 3 is 2.10 bits per heavy atom. The smallest absolute Gasteiger partial charge is 0.149 e. The Labute approximate surface area is 353 Å². The Kier molecular flexibility index (Phi) is 8.30. The summed E-state index contributed by atoms with van der Waals surface area (Å²) >= 11 is 0. The molecule has 0 atom stereocenters. The number of fused-ring (bicyclic) bond motifs is 8. The van der Waals surface area contributed by atoms with Crippen LogP contribution in [0.4, 0.5) is 0 Å². The van der Waals surface area contributed by atoms with Crippen LogP contribution in [0.3, 0.4) is 0 Å². The molecule has 11 rings (SSSR count). The second kappa shape index (κ2) is 13.8. The van der Waals surface area contributed by atoms with Gasteiger partial charge in [-0.1, -0.05) is 101 Å². The van der Waals surface area contributed by atoms with Crippen LogP contribution in [0.5, 0.6) is 5.75 Å². The minimum atomic E-state index is -0.135. The normalized spacial score (nSPS) is 12.2. The van der Waals surface area contributed by atoms with Gasteiger partial charge in [-0.3, -0.25) is 9.55 Å². The zero-order valence-corrected chi connectivity index (χ0v) is 34.7. The van der Waals surface area contributed by atoms with Crippen molar-refractivity contribution in [3.63, 3.8) is 0 Å². The Bertz CT molecular complexity index is 3510. The van der Waals surface area contributed by atoms with Crippen LogP contribution in [-0.2, 0) is 5.41 Å². The Morgan fingerprint density at radius 2 is 1.28 bits per heavy atom. The van der Waals surface area contributed by atoms with Crippen LogP contribution in [0.25, 0.3) is 105 Å². The Morgan fingerprint density at radius 1 is 0.574 bits per heavy atom. The van der Waals surface area contributed by atoms with Gasteiger partial charge in [-0.15, -0.1) is 0 Å². The summed E-state index contributed by atoms with van der Waals surface area (Å²) in [6, 6.07) is 52.3. The van der Waals surface area contributed by atoms with Gasteiger partial charge in [0.2, 0.25) is 0 Å². The molecule has 0 amide bonds. The average molecular weight is 794 g/mol. The van der Waals surface area contributed by atoms with E-state index in [9.17, 15) is 5.11 Å². The minimum absolute atomic E-state index is 0.135. The van der Waals surface area contributed by atoms with Crippen LogP contribution in [0.2, 0.25) is 0 Å². The SMILES string of the molecule is CC(C)c1cc(-c2ccccc2)ccc1-n1c(-c2ccc(C(C)(C)C)cc2O)nc2c3c(ccc21)oc1ccc(-c2cc(-c4ccc5c(c4)oc4ccccc45)ccn2)cc13. The summed E-state index contributed by atoms with van der Waals surface area (Å²) in [7, 11) is 0. The largest absolute Gasteiger partial charge is 0.507 e. The summed E-state index contributed by atoms with van der Waals surface area (Å²) < 4.78 is 15.0. The van der Waals surface area contributed by atoms with Gasteiger partial charge in [0, 0.05) is 27.9 Å². The van der Waals surface area contributed by atoms with E-state index in [0.717, 1.165) is 99.7 Å². The second-order valence-corrected chi connectivity index (χ2v) is 17.4. The van der Waals surface area contributed by atoms with E-state index in [0.29, 0.717) is 11.4 Å². The fourth-order valence-corrected chi connectivity index (χ4v) is 8.88. The third-order valence-corrected chi connectivity index (χ3v) is 12.1. The van der Waals surface area contributed by atoms with Gasteiger partial charge in [-0.05, 0) is 130 Å². The highest BCUT2D eigenvalue weighted by Crippen LogP contribution is 2.43. The summed E-state index contributed by atoms with van der Waals surface area (Å²) in [5.41, 5.74) is 15.0. The zero-order valence-electron chi connectivity index (χ0n) is 34.7. The number of pyridine rings is 1. The highest BCUT2D eigenvalue weighted by Gasteiger charge is 2.25. The molecule has 0 fully saturated rings. The summed E-state index contributed by atoms with van der Waals surface area (Å²) in [6.07, 6.45) is 1.87. The molecule has 6 nitrogen and oxygen atoms in total. The molecule has 61 heavy (non-hydrogen) atoms. The topological polar surface area (TPSA) is 77.2 Å². The zero-order chi connectivity index (χ0) is 41.6. The second-order valence-electron chi connectivity index (χ2n) is 17.4. The maximum Gasteiger partial charge on any atom is 0.149 e. The predicted molar refractivity (Wildman–Crippen MR) is 250 cm³/mol.